The molecular weight excluding hydrogens is 307 g/mol. The van der Waals surface area contributed by atoms with E-state index in [0.29, 0.717) is 11.5 Å². The van der Waals surface area contributed by atoms with Crippen LogP contribution in [-0.2, 0) is 6.54 Å². The lowest BCUT2D eigenvalue weighted by molar-refractivity contribution is 0.624. The zero-order valence-corrected chi connectivity index (χ0v) is 12.6. The molecule has 2 N–H and O–H groups in total. The number of hydrogen-bond donors (Lipinski definition) is 1. The van der Waals surface area contributed by atoms with Gasteiger partial charge in [0.2, 0.25) is 0 Å². The molecule has 106 valence electrons. The summed E-state index contributed by atoms with van der Waals surface area (Å²) in [5, 5.41) is 1.13. The Hall–Kier alpha value is -1.91. The van der Waals surface area contributed by atoms with Gasteiger partial charge in [-0.15, -0.1) is 0 Å². The molecule has 0 bridgehead atoms. The molecule has 0 fully saturated rings. The minimum absolute atomic E-state index is 0.131. The van der Waals surface area contributed by atoms with E-state index in [-0.39, 0.29) is 5.02 Å². The number of nitrogens with two attached hydrogens (primary N) is 1. The lowest BCUT2D eigenvalue weighted by Crippen LogP contribution is -2.09. The Kier molecular flexibility index (Phi) is 3.66. The number of rotatable bonds is 3. The molecule has 0 saturated carbocycles. The predicted molar refractivity (Wildman–Crippen MR) is 88.3 cm³/mol. The third-order valence-electron chi connectivity index (χ3n) is 3.42. The van der Waals surface area contributed by atoms with Gasteiger partial charge in [-0.3, -0.25) is 0 Å². The van der Waals surface area contributed by atoms with E-state index < -0.39 is 5.82 Å². The first-order chi connectivity index (χ1) is 10.1. The van der Waals surface area contributed by atoms with Crippen molar-refractivity contribution < 1.29 is 4.39 Å². The maximum absolute atomic E-state index is 13.5. The second-order valence-corrected chi connectivity index (χ2v) is 5.64. The summed E-state index contributed by atoms with van der Waals surface area (Å²) in [4.78, 5) is 0.371. The topological polar surface area (TPSA) is 30.9 Å². The molecule has 0 atom stereocenters. The molecule has 0 radical (unpaired) electrons. The van der Waals surface area contributed by atoms with Crippen LogP contribution in [0, 0.1) is 5.82 Å². The van der Waals surface area contributed by atoms with Crippen molar-refractivity contribution in [2.45, 2.75) is 6.54 Å². The molecule has 0 aliphatic rings. The number of halogens is 2. The molecule has 0 aliphatic heterocycles. The van der Waals surface area contributed by atoms with Gasteiger partial charge in [0.15, 0.2) is 0 Å². The van der Waals surface area contributed by atoms with Gasteiger partial charge in [-0.05, 0) is 29.8 Å². The minimum Gasteiger partial charge on any atom is -0.389 e. The highest BCUT2D eigenvalue weighted by Crippen LogP contribution is 2.22. The minimum atomic E-state index is -0.408. The fourth-order valence-electron chi connectivity index (χ4n) is 2.41. The van der Waals surface area contributed by atoms with Crippen LogP contribution >= 0.6 is 23.8 Å². The van der Waals surface area contributed by atoms with Crippen molar-refractivity contribution in [2.75, 3.05) is 0 Å². The molecule has 1 heterocycles. The van der Waals surface area contributed by atoms with Gasteiger partial charge in [-0.1, -0.05) is 42.0 Å². The molecule has 3 rings (SSSR count). The van der Waals surface area contributed by atoms with Crippen LogP contribution in [0.15, 0.2) is 48.7 Å². The highest BCUT2D eigenvalue weighted by Gasteiger charge is 2.08. The largest absolute Gasteiger partial charge is 0.389 e. The molecule has 0 aliphatic carbocycles. The summed E-state index contributed by atoms with van der Waals surface area (Å²) in [5.74, 6) is -0.408. The molecule has 2 aromatic carbocycles. The van der Waals surface area contributed by atoms with Gasteiger partial charge in [-0.25, -0.2) is 4.39 Å². The standard InChI is InChI=1S/C16H12ClFN2S/c17-13-5-4-10(8-14(13)18)9-20-7-6-11-12(16(19)21)2-1-3-15(11)20/h1-8H,9H2,(H2,19,21). The number of aromatic nitrogens is 1. The first-order valence-electron chi connectivity index (χ1n) is 6.38. The first-order valence-corrected chi connectivity index (χ1v) is 7.16. The summed E-state index contributed by atoms with van der Waals surface area (Å²) in [6.45, 7) is 0.554. The Balaban J connectivity index is 2.03. The smallest absolute Gasteiger partial charge is 0.142 e. The van der Waals surface area contributed by atoms with Gasteiger partial charge in [0.05, 0.1) is 5.02 Å². The van der Waals surface area contributed by atoms with Crippen LogP contribution < -0.4 is 5.73 Å². The summed E-state index contributed by atoms with van der Waals surface area (Å²) in [6, 6.07) is 12.6. The quantitative estimate of drug-likeness (QED) is 0.737. The second kappa shape index (κ2) is 5.47. The van der Waals surface area contributed by atoms with Crippen LogP contribution in [-0.4, -0.2) is 9.56 Å². The molecule has 0 unspecified atom stereocenters. The van der Waals surface area contributed by atoms with Gasteiger partial charge in [0, 0.05) is 29.2 Å². The number of hydrogen-bond acceptors (Lipinski definition) is 1. The molecule has 3 aromatic rings. The zero-order valence-electron chi connectivity index (χ0n) is 11.0. The van der Waals surface area contributed by atoms with Gasteiger partial charge in [-0.2, -0.15) is 0 Å². The van der Waals surface area contributed by atoms with Crippen LogP contribution in [0.5, 0.6) is 0 Å². The van der Waals surface area contributed by atoms with Crippen molar-refractivity contribution in [3.8, 4) is 0 Å². The Morgan fingerprint density at radius 3 is 2.76 bits per heavy atom. The Morgan fingerprint density at radius 2 is 2.05 bits per heavy atom. The molecule has 2 nitrogen and oxygen atoms in total. The Labute approximate surface area is 131 Å². The van der Waals surface area contributed by atoms with Crippen molar-refractivity contribution in [3.63, 3.8) is 0 Å². The molecule has 1 aromatic heterocycles. The summed E-state index contributed by atoms with van der Waals surface area (Å²) >= 11 is 10.8. The van der Waals surface area contributed by atoms with Gasteiger partial charge >= 0.3 is 0 Å². The molecule has 0 amide bonds. The van der Waals surface area contributed by atoms with Crippen molar-refractivity contribution in [3.05, 3.63) is 70.6 Å². The number of benzene rings is 2. The zero-order chi connectivity index (χ0) is 15.0. The van der Waals surface area contributed by atoms with E-state index in [1.165, 1.54) is 6.07 Å². The number of nitrogens with zero attached hydrogens (tertiary/aromatic N) is 1. The summed E-state index contributed by atoms with van der Waals surface area (Å²) in [7, 11) is 0. The maximum Gasteiger partial charge on any atom is 0.142 e. The van der Waals surface area contributed by atoms with Crippen LogP contribution in [0.1, 0.15) is 11.1 Å². The van der Waals surface area contributed by atoms with Gasteiger partial charge in [0.25, 0.3) is 0 Å². The lowest BCUT2D eigenvalue weighted by atomic mass is 10.1. The van der Waals surface area contributed by atoms with Crippen LogP contribution in [0.25, 0.3) is 10.9 Å². The highest BCUT2D eigenvalue weighted by atomic mass is 35.5. The molecular formula is C16H12ClFN2S. The average molecular weight is 319 g/mol. The summed E-state index contributed by atoms with van der Waals surface area (Å²) in [5.41, 5.74) is 8.44. The van der Waals surface area contributed by atoms with Crippen molar-refractivity contribution in [1.29, 1.82) is 0 Å². The van der Waals surface area contributed by atoms with Crippen LogP contribution in [0.4, 0.5) is 4.39 Å². The maximum atomic E-state index is 13.5. The van der Waals surface area contributed by atoms with Crippen molar-refractivity contribution in [2.24, 2.45) is 5.73 Å². The van der Waals surface area contributed by atoms with E-state index in [0.717, 1.165) is 22.0 Å². The Morgan fingerprint density at radius 1 is 1.24 bits per heavy atom. The number of fused-ring (bicyclic) bond motifs is 1. The molecule has 0 saturated heterocycles. The number of thiocarbonyl (C=S) groups is 1. The van der Waals surface area contributed by atoms with E-state index >= 15 is 0 Å². The summed E-state index contributed by atoms with van der Waals surface area (Å²) < 4.78 is 15.5. The monoisotopic (exact) mass is 318 g/mol. The van der Waals surface area contributed by atoms with Gasteiger partial charge in [0.1, 0.15) is 10.8 Å². The lowest BCUT2D eigenvalue weighted by Gasteiger charge is -2.07. The van der Waals surface area contributed by atoms with Crippen molar-refractivity contribution >= 4 is 39.7 Å². The third kappa shape index (κ3) is 2.64. The second-order valence-electron chi connectivity index (χ2n) is 4.79. The predicted octanol–water partition coefficient (Wildman–Crippen LogP) is 4.12. The SMILES string of the molecule is NC(=S)c1cccc2c1ccn2Cc1ccc(Cl)c(F)c1. The third-order valence-corrected chi connectivity index (χ3v) is 3.94. The van der Waals surface area contributed by atoms with Crippen LogP contribution in [0.3, 0.4) is 0 Å². The van der Waals surface area contributed by atoms with E-state index in [4.69, 9.17) is 29.6 Å². The fraction of sp³-hybridized carbons (Fsp3) is 0.0625. The molecule has 0 spiro atoms. The van der Waals surface area contributed by atoms with E-state index in [9.17, 15) is 4.39 Å². The summed E-state index contributed by atoms with van der Waals surface area (Å²) in [6.07, 6.45) is 1.94. The Bertz CT molecular complexity index is 841. The first kappa shape index (κ1) is 14.0. The average Bonchev–Trinajstić information content (AvgIpc) is 2.86. The molecule has 5 heteroatoms. The van der Waals surface area contributed by atoms with E-state index in [2.05, 4.69) is 0 Å². The fourth-order valence-corrected chi connectivity index (χ4v) is 2.71. The van der Waals surface area contributed by atoms with E-state index in [1.54, 1.807) is 6.07 Å². The van der Waals surface area contributed by atoms with Gasteiger partial charge < -0.3 is 10.3 Å². The van der Waals surface area contributed by atoms with Crippen LogP contribution in [0.2, 0.25) is 5.02 Å². The molecule has 21 heavy (non-hydrogen) atoms. The van der Waals surface area contributed by atoms with Crippen molar-refractivity contribution in [1.82, 2.24) is 4.57 Å². The highest BCUT2D eigenvalue weighted by molar-refractivity contribution is 7.80. The normalized spacial score (nSPS) is 11.0. The van der Waals surface area contributed by atoms with E-state index in [1.807, 2.05) is 41.1 Å².